The normalized spacial score (nSPS) is 14.2. The van der Waals surface area contributed by atoms with Gasteiger partial charge in [-0.3, -0.25) is 9.59 Å². The van der Waals surface area contributed by atoms with Gasteiger partial charge in [-0.2, -0.15) is 0 Å². The molecule has 2 aromatic rings. The Labute approximate surface area is 188 Å². The topological polar surface area (TPSA) is 123 Å². The quantitative estimate of drug-likeness (QED) is 0.541. The number of amides is 1. The predicted molar refractivity (Wildman–Crippen MR) is 120 cm³/mol. The molecule has 1 fully saturated rings. The third-order valence-electron chi connectivity index (χ3n) is 5.22. The number of piperidine rings is 1. The van der Waals surface area contributed by atoms with Crippen LogP contribution < -0.4 is 14.9 Å². The van der Waals surface area contributed by atoms with E-state index >= 15 is 0 Å². The molecule has 0 atom stereocenters. The second kappa shape index (κ2) is 10.6. The second-order valence-corrected chi connectivity index (χ2v) is 9.40. The van der Waals surface area contributed by atoms with Crippen molar-refractivity contribution in [2.75, 3.05) is 36.5 Å². The number of ether oxygens (including phenoxy) is 1. The highest BCUT2D eigenvalue weighted by Gasteiger charge is 2.19. The Hall–Kier alpha value is -2.92. The molecule has 1 aliphatic rings. The number of sulfonamides is 1. The van der Waals surface area contributed by atoms with Gasteiger partial charge in [0.25, 0.3) is 15.9 Å². The first-order valence-corrected chi connectivity index (χ1v) is 12.0. The molecule has 0 saturated carbocycles. The van der Waals surface area contributed by atoms with Gasteiger partial charge in [-0.15, -0.1) is 0 Å². The first kappa shape index (κ1) is 23.7. The van der Waals surface area contributed by atoms with Crippen LogP contribution >= 0.6 is 0 Å². The van der Waals surface area contributed by atoms with Gasteiger partial charge < -0.3 is 19.5 Å². The molecule has 3 rings (SSSR count). The van der Waals surface area contributed by atoms with E-state index in [2.05, 4.69) is 19.9 Å². The van der Waals surface area contributed by atoms with Gasteiger partial charge in [0.2, 0.25) is 0 Å². The van der Waals surface area contributed by atoms with Crippen LogP contribution in [-0.4, -0.2) is 56.1 Å². The molecule has 0 spiro atoms. The molecular formula is C21H29N5O5S. The van der Waals surface area contributed by atoms with Crippen molar-refractivity contribution in [1.82, 2.24) is 14.3 Å². The molecule has 32 heavy (non-hydrogen) atoms. The van der Waals surface area contributed by atoms with Crippen LogP contribution in [0.25, 0.3) is 0 Å². The number of anilines is 2. The van der Waals surface area contributed by atoms with E-state index in [1.165, 1.54) is 25.5 Å². The zero-order valence-electron chi connectivity index (χ0n) is 18.3. The Morgan fingerprint density at radius 1 is 1.12 bits per heavy atom. The van der Waals surface area contributed by atoms with Crippen molar-refractivity contribution in [2.45, 2.75) is 37.6 Å². The Morgan fingerprint density at radius 2 is 1.81 bits per heavy atom. The fourth-order valence-electron chi connectivity index (χ4n) is 3.34. The van der Waals surface area contributed by atoms with E-state index in [0.717, 1.165) is 18.8 Å². The third-order valence-corrected chi connectivity index (χ3v) is 6.55. The number of aryl methyl sites for hydroxylation is 2. The molecule has 2 heterocycles. The van der Waals surface area contributed by atoms with Crippen molar-refractivity contribution in [3.05, 3.63) is 36.3 Å². The molecule has 1 amide bonds. The molecule has 1 aromatic carbocycles. The lowest BCUT2D eigenvalue weighted by atomic mass is 10.1. The first-order valence-electron chi connectivity index (χ1n) is 10.5. The highest BCUT2D eigenvalue weighted by Crippen LogP contribution is 2.21. The number of hydrogen-bond donors (Lipinski definition) is 2. The Kier molecular flexibility index (Phi) is 7.86. The second-order valence-electron chi connectivity index (χ2n) is 7.69. The third kappa shape index (κ3) is 6.54. The van der Waals surface area contributed by atoms with E-state index in [1.54, 1.807) is 18.5 Å². The van der Waals surface area contributed by atoms with Gasteiger partial charge in [-0.25, -0.2) is 18.1 Å². The van der Waals surface area contributed by atoms with Crippen molar-refractivity contribution in [1.29, 1.82) is 0 Å². The summed E-state index contributed by atoms with van der Waals surface area (Å²) in [6.45, 7) is 3.17. The zero-order chi connectivity index (χ0) is 23.1. The van der Waals surface area contributed by atoms with Crippen LogP contribution in [0.2, 0.25) is 0 Å². The number of hydrogen-bond acceptors (Lipinski definition) is 7. The van der Waals surface area contributed by atoms with Crippen molar-refractivity contribution >= 4 is 33.3 Å². The van der Waals surface area contributed by atoms with E-state index in [-0.39, 0.29) is 18.0 Å². The average Bonchev–Trinajstić information content (AvgIpc) is 3.12. The number of benzene rings is 1. The minimum absolute atomic E-state index is 0.114. The van der Waals surface area contributed by atoms with Crippen molar-refractivity contribution in [2.24, 2.45) is 7.05 Å². The largest absolute Gasteiger partial charge is 0.456 e. The summed E-state index contributed by atoms with van der Waals surface area (Å²) in [5.74, 6) is -0.592. The summed E-state index contributed by atoms with van der Waals surface area (Å²) >= 11 is 0. The molecule has 174 valence electrons. The minimum atomic E-state index is -3.81. The fourth-order valence-corrected chi connectivity index (χ4v) is 4.41. The molecular weight excluding hydrogens is 434 g/mol. The van der Waals surface area contributed by atoms with Gasteiger partial charge in [-0.1, -0.05) is 0 Å². The Balaban J connectivity index is 1.37. The molecule has 2 N–H and O–H groups in total. The van der Waals surface area contributed by atoms with Crippen LogP contribution in [0.1, 0.15) is 31.5 Å². The highest BCUT2D eigenvalue weighted by atomic mass is 32.2. The van der Waals surface area contributed by atoms with Crippen molar-refractivity contribution in [3.8, 4) is 0 Å². The number of carbonyl (C=O) groups is 2. The van der Waals surface area contributed by atoms with E-state index in [0.29, 0.717) is 11.5 Å². The van der Waals surface area contributed by atoms with Gasteiger partial charge in [0.05, 0.1) is 6.42 Å². The van der Waals surface area contributed by atoms with Crippen molar-refractivity contribution in [3.63, 3.8) is 0 Å². The summed E-state index contributed by atoms with van der Waals surface area (Å²) in [6.07, 6.45) is 4.82. The number of imidazole rings is 1. The SMILES string of the molecule is Cc1nc(S(=O)(=O)NCCC(=O)OCC(=O)Nc2ccc(N3CCCCC3)cc2)cn1C. The molecule has 0 bridgehead atoms. The molecule has 0 aliphatic carbocycles. The number of rotatable bonds is 9. The monoisotopic (exact) mass is 463 g/mol. The number of nitrogens with zero attached hydrogens (tertiary/aromatic N) is 3. The van der Waals surface area contributed by atoms with Crippen LogP contribution in [-0.2, 0) is 31.4 Å². The van der Waals surface area contributed by atoms with Crippen LogP contribution in [0.15, 0.2) is 35.5 Å². The van der Waals surface area contributed by atoms with Crippen LogP contribution in [0.5, 0.6) is 0 Å². The summed E-state index contributed by atoms with van der Waals surface area (Å²) in [7, 11) is -2.13. The maximum absolute atomic E-state index is 12.2. The molecule has 1 aromatic heterocycles. The Bertz CT molecular complexity index is 1020. The molecule has 11 heteroatoms. The molecule has 0 radical (unpaired) electrons. The summed E-state index contributed by atoms with van der Waals surface area (Å²) in [5, 5.41) is 2.57. The smallest absolute Gasteiger partial charge is 0.307 e. The van der Waals surface area contributed by atoms with Crippen LogP contribution in [0.4, 0.5) is 11.4 Å². The standard InChI is InChI=1S/C21H29N5O5S/c1-16-23-20(14-25(16)2)32(29,30)22-11-10-21(28)31-15-19(27)24-17-6-8-18(9-7-17)26-12-4-3-5-13-26/h6-9,14,22H,3-5,10-13,15H2,1-2H3,(H,24,27). The van der Waals surface area contributed by atoms with E-state index in [1.807, 2.05) is 24.3 Å². The summed E-state index contributed by atoms with van der Waals surface area (Å²) in [6, 6.07) is 7.56. The number of aromatic nitrogens is 2. The van der Waals surface area contributed by atoms with Gasteiger partial charge in [0.15, 0.2) is 11.6 Å². The lowest BCUT2D eigenvalue weighted by Crippen LogP contribution is -2.29. The molecule has 1 aliphatic heterocycles. The molecule has 10 nitrogen and oxygen atoms in total. The summed E-state index contributed by atoms with van der Waals surface area (Å²) in [5.41, 5.74) is 1.74. The fraction of sp³-hybridized carbons (Fsp3) is 0.476. The van der Waals surface area contributed by atoms with E-state index in [4.69, 9.17) is 4.74 Å². The van der Waals surface area contributed by atoms with Gasteiger partial charge in [-0.05, 0) is 50.5 Å². The van der Waals surface area contributed by atoms with E-state index < -0.39 is 28.5 Å². The van der Waals surface area contributed by atoms with Gasteiger partial charge >= 0.3 is 5.97 Å². The zero-order valence-corrected chi connectivity index (χ0v) is 19.2. The lowest BCUT2D eigenvalue weighted by molar-refractivity contribution is -0.147. The predicted octanol–water partition coefficient (Wildman–Crippen LogP) is 1.57. The lowest BCUT2D eigenvalue weighted by Gasteiger charge is -2.28. The maximum Gasteiger partial charge on any atom is 0.307 e. The van der Waals surface area contributed by atoms with E-state index in [9.17, 15) is 18.0 Å². The Morgan fingerprint density at radius 3 is 2.44 bits per heavy atom. The summed E-state index contributed by atoms with van der Waals surface area (Å²) < 4.78 is 33.1. The summed E-state index contributed by atoms with van der Waals surface area (Å²) in [4.78, 5) is 30.1. The van der Waals surface area contributed by atoms with Crippen molar-refractivity contribution < 1.29 is 22.7 Å². The van der Waals surface area contributed by atoms with Gasteiger partial charge in [0.1, 0.15) is 5.82 Å². The number of nitrogens with one attached hydrogen (secondary N) is 2. The maximum atomic E-state index is 12.2. The minimum Gasteiger partial charge on any atom is -0.456 e. The first-order chi connectivity index (χ1) is 15.2. The average molecular weight is 464 g/mol. The number of carbonyl (C=O) groups excluding carboxylic acids is 2. The number of esters is 1. The highest BCUT2D eigenvalue weighted by molar-refractivity contribution is 7.89. The van der Waals surface area contributed by atoms with Gasteiger partial charge in [0, 0.05) is 44.3 Å². The molecule has 0 unspecified atom stereocenters. The van der Waals surface area contributed by atoms with Crippen LogP contribution in [0, 0.1) is 6.92 Å². The molecule has 1 saturated heterocycles. The van der Waals surface area contributed by atoms with Crippen LogP contribution in [0.3, 0.4) is 0 Å².